The van der Waals surface area contributed by atoms with E-state index >= 15 is 0 Å². The lowest BCUT2D eigenvalue weighted by molar-refractivity contribution is -0.171. The molecule has 0 aromatic carbocycles. The molecular weight excluding hydrogens is 366 g/mol. The van der Waals surface area contributed by atoms with E-state index in [0.29, 0.717) is 6.42 Å². The summed E-state index contributed by atoms with van der Waals surface area (Å²) in [5.41, 5.74) is -1.21. The fraction of sp³-hybridized carbons (Fsp3) is 0.737. The molecule has 1 aromatic heterocycles. The number of hydrogen-bond acceptors (Lipinski definition) is 8. The fourth-order valence-corrected chi connectivity index (χ4v) is 3.91. The van der Waals surface area contributed by atoms with Gasteiger partial charge in [-0.2, -0.15) is 0 Å². The van der Waals surface area contributed by atoms with Gasteiger partial charge in [0.05, 0.1) is 13.2 Å². The number of unbranched alkanes of at least 4 members (excludes halogenated alkanes) is 1. The van der Waals surface area contributed by atoms with Crippen LogP contribution in [0.5, 0.6) is 0 Å². The molecule has 1 aromatic rings. The predicted octanol–water partition coefficient (Wildman–Crippen LogP) is 2.57. The Hall–Kier alpha value is -1.67. The Morgan fingerprint density at radius 3 is 2.26 bits per heavy atom. The van der Waals surface area contributed by atoms with E-state index in [1.54, 1.807) is 32.1 Å². The van der Waals surface area contributed by atoms with E-state index in [1.165, 1.54) is 0 Å². The molecule has 1 fully saturated rings. The third-order valence-corrected chi connectivity index (χ3v) is 5.75. The predicted molar refractivity (Wildman–Crippen MR) is 106 cm³/mol. The Kier molecular flexibility index (Phi) is 8.50. The Balaban J connectivity index is 1.75. The van der Waals surface area contributed by atoms with E-state index in [1.807, 2.05) is 11.6 Å². The highest BCUT2D eigenvalue weighted by atomic mass is 32.1. The normalized spacial score (nSPS) is 15.6. The second kappa shape index (κ2) is 10.6. The first-order chi connectivity index (χ1) is 13.0. The van der Waals surface area contributed by atoms with Gasteiger partial charge in [-0.15, -0.1) is 11.3 Å². The summed E-state index contributed by atoms with van der Waals surface area (Å²) in [7, 11) is 0. The first kappa shape index (κ1) is 21.6. The average molecular weight is 398 g/mol. The van der Waals surface area contributed by atoms with Crippen LogP contribution in [0.1, 0.15) is 40.0 Å². The number of ether oxygens (including phenoxy) is 2. The molecule has 1 aliphatic rings. The molecule has 0 aliphatic carbocycles. The SMILES string of the molecule is CCOC(=O)C(C)(CCCCN1CCN(c2nccs2)CC1)C(=O)OCC. The maximum absolute atomic E-state index is 12.3. The van der Waals surface area contributed by atoms with Crippen molar-refractivity contribution in [3.8, 4) is 0 Å². The number of esters is 2. The molecule has 0 saturated carbocycles. The molecule has 0 spiro atoms. The van der Waals surface area contributed by atoms with Crippen molar-refractivity contribution in [1.82, 2.24) is 9.88 Å². The summed E-state index contributed by atoms with van der Waals surface area (Å²) in [5, 5.41) is 3.10. The van der Waals surface area contributed by atoms with Gasteiger partial charge in [-0.05, 0) is 40.2 Å². The quantitative estimate of drug-likeness (QED) is 0.341. The highest BCUT2D eigenvalue weighted by molar-refractivity contribution is 7.13. The molecule has 0 bridgehead atoms. The Morgan fingerprint density at radius 1 is 1.11 bits per heavy atom. The van der Waals surface area contributed by atoms with Gasteiger partial charge in [0.1, 0.15) is 0 Å². The summed E-state index contributed by atoms with van der Waals surface area (Å²) in [5.74, 6) is -0.971. The number of rotatable bonds is 10. The molecule has 152 valence electrons. The van der Waals surface area contributed by atoms with Gasteiger partial charge in [0, 0.05) is 37.8 Å². The summed E-state index contributed by atoms with van der Waals surface area (Å²) in [6.07, 6.45) is 4.01. The second-order valence-corrected chi connectivity index (χ2v) is 7.75. The number of carbonyl (C=O) groups excluding carboxylic acids is 2. The van der Waals surface area contributed by atoms with Crippen LogP contribution in [-0.2, 0) is 19.1 Å². The van der Waals surface area contributed by atoms with Crippen LogP contribution in [0.25, 0.3) is 0 Å². The number of nitrogens with zero attached hydrogens (tertiary/aromatic N) is 3. The molecule has 0 radical (unpaired) electrons. The number of piperazine rings is 1. The first-order valence-corrected chi connectivity index (χ1v) is 10.6. The van der Waals surface area contributed by atoms with Crippen LogP contribution in [0.3, 0.4) is 0 Å². The van der Waals surface area contributed by atoms with Crippen LogP contribution in [0, 0.1) is 5.41 Å². The van der Waals surface area contributed by atoms with Crippen LogP contribution >= 0.6 is 11.3 Å². The fourth-order valence-electron chi connectivity index (χ4n) is 3.22. The monoisotopic (exact) mass is 397 g/mol. The van der Waals surface area contributed by atoms with E-state index in [9.17, 15) is 9.59 Å². The van der Waals surface area contributed by atoms with Gasteiger partial charge in [-0.1, -0.05) is 6.42 Å². The number of thiazole rings is 1. The van der Waals surface area contributed by atoms with E-state index in [-0.39, 0.29) is 13.2 Å². The van der Waals surface area contributed by atoms with Crippen molar-refractivity contribution in [3.63, 3.8) is 0 Å². The van der Waals surface area contributed by atoms with Crippen LogP contribution in [0.15, 0.2) is 11.6 Å². The first-order valence-electron chi connectivity index (χ1n) is 9.72. The van der Waals surface area contributed by atoms with Gasteiger partial charge in [-0.3, -0.25) is 14.5 Å². The average Bonchev–Trinajstić information content (AvgIpc) is 3.20. The van der Waals surface area contributed by atoms with Crippen LogP contribution in [0.2, 0.25) is 0 Å². The number of aromatic nitrogens is 1. The van der Waals surface area contributed by atoms with E-state index in [0.717, 1.165) is 50.7 Å². The Morgan fingerprint density at radius 2 is 1.74 bits per heavy atom. The summed E-state index contributed by atoms with van der Waals surface area (Å²) < 4.78 is 10.2. The minimum atomic E-state index is -1.21. The Labute approximate surface area is 165 Å². The minimum absolute atomic E-state index is 0.261. The molecule has 0 atom stereocenters. The van der Waals surface area contributed by atoms with Crippen molar-refractivity contribution in [3.05, 3.63) is 11.6 Å². The lowest BCUT2D eigenvalue weighted by Gasteiger charge is -2.34. The summed E-state index contributed by atoms with van der Waals surface area (Å²) in [4.78, 5) is 33.7. The van der Waals surface area contributed by atoms with Gasteiger partial charge in [0.25, 0.3) is 0 Å². The van der Waals surface area contributed by atoms with Gasteiger partial charge in [0.2, 0.25) is 0 Å². The maximum atomic E-state index is 12.3. The van der Waals surface area contributed by atoms with Gasteiger partial charge >= 0.3 is 11.9 Å². The van der Waals surface area contributed by atoms with E-state index in [4.69, 9.17) is 9.47 Å². The van der Waals surface area contributed by atoms with Crippen LogP contribution < -0.4 is 4.90 Å². The standard InChI is InChI=1S/C19H31N3O4S/c1-4-25-16(23)19(3,17(24)26-5-2)8-6-7-10-21-11-13-22(14-12-21)18-20-9-15-27-18/h9,15H,4-8,10-14H2,1-3H3. The van der Waals surface area contributed by atoms with Crippen molar-refractivity contribution in [2.24, 2.45) is 5.41 Å². The second-order valence-electron chi connectivity index (χ2n) is 6.87. The van der Waals surface area contributed by atoms with E-state index in [2.05, 4.69) is 14.8 Å². The van der Waals surface area contributed by atoms with Crippen molar-refractivity contribution in [2.75, 3.05) is 50.8 Å². The zero-order valence-electron chi connectivity index (χ0n) is 16.6. The number of hydrogen-bond donors (Lipinski definition) is 0. The third-order valence-electron chi connectivity index (χ3n) is 4.92. The van der Waals surface area contributed by atoms with Crippen molar-refractivity contribution in [2.45, 2.75) is 40.0 Å². The molecule has 8 heteroatoms. The lowest BCUT2D eigenvalue weighted by atomic mass is 9.84. The third kappa shape index (κ3) is 5.90. The molecular formula is C19H31N3O4S. The van der Waals surface area contributed by atoms with Gasteiger partial charge in [0.15, 0.2) is 10.5 Å². The Bertz CT molecular complexity index is 568. The van der Waals surface area contributed by atoms with Crippen LogP contribution in [-0.4, -0.2) is 67.8 Å². The molecule has 1 saturated heterocycles. The molecule has 1 aliphatic heterocycles. The van der Waals surface area contributed by atoms with Gasteiger partial charge in [-0.25, -0.2) is 4.98 Å². The minimum Gasteiger partial charge on any atom is -0.465 e. The zero-order chi connectivity index (χ0) is 19.7. The summed E-state index contributed by atoms with van der Waals surface area (Å²) in [6.45, 7) is 10.6. The van der Waals surface area contributed by atoms with Crippen molar-refractivity contribution >= 4 is 28.4 Å². The maximum Gasteiger partial charge on any atom is 0.323 e. The molecule has 27 heavy (non-hydrogen) atoms. The molecule has 0 N–H and O–H groups in total. The number of carbonyl (C=O) groups is 2. The highest BCUT2D eigenvalue weighted by Gasteiger charge is 2.43. The highest BCUT2D eigenvalue weighted by Crippen LogP contribution is 2.28. The smallest absolute Gasteiger partial charge is 0.323 e. The molecule has 2 heterocycles. The molecule has 0 unspecified atom stereocenters. The van der Waals surface area contributed by atoms with Gasteiger partial charge < -0.3 is 14.4 Å². The van der Waals surface area contributed by atoms with Crippen molar-refractivity contribution < 1.29 is 19.1 Å². The topological polar surface area (TPSA) is 72.0 Å². The molecule has 0 amide bonds. The van der Waals surface area contributed by atoms with Crippen molar-refractivity contribution in [1.29, 1.82) is 0 Å². The molecule has 2 rings (SSSR count). The molecule has 7 nitrogen and oxygen atoms in total. The lowest BCUT2D eigenvalue weighted by Crippen LogP contribution is -2.46. The number of anilines is 1. The summed E-state index contributed by atoms with van der Waals surface area (Å²) >= 11 is 1.68. The zero-order valence-corrected chi connectivity index (χ0v) is 17.4. The largest absolute Gasteiger partial charge is 0.465 e. The van der Waals surface area contributed by atoms with E-state index < -0.39 is 17.4 Å². The van der Waals surface area contributed by atoms with Crippen LogP contribution in [0.4, 0.5) is 5.13 Å². The summed E-state index contributed by atoms with van der Waals surface area (Å²) in [6, 6.07) is 0.